The van der Waals surface area contributed by atoms with Crippen molar-refractivity contribution in [2.24, 2.45) is 5.92 Å². The minimum Gasteiger partial charge on any atom is -0.379 e. The molecule has 0 atom stereocenters. The minimum atomic E-state index is -0.132. The van der Waals surface area contributed by atoms with E-state index in [1.165, 1.54) is 19.0 Å². The Kier molecular flexibility index (Phi) is 4.55. The molecule has 0 saturated heterocycles. The second-order valence-corrected chi connectivity index (χ2v) is 5.04. The summed E-state index contributed by atoms with van der Waals surface area (Å²) in [6.07, 6.45) is 4.09. The Balaban J connectivity index is 1.76. The van der Waals surface area contributed by atoms with E-state index in [9.17, 15) is 4.79 Å². The third-order valence-corrected chi connectivity index (χ3v) is 3.14. The Morgan fingerprint density at radius 2 is 2.39 bits per heavy atom. The largest absolute Gasteiger partial charge is 0.379 e. The second-order valence-electron chi connectivity index (χ2n) is 4.60. The van der Waals surface area contributed by atoms with Gasteiger partial charge in [-0.2, -0.15) is 0 Å². The van der Waals surface area contributed by atoms with Gasteiger partial charge in [-0.05, 0) is 30.9 Å². The fraction of sp³-hybridized carbons (Fsp3) is 0.538. The Hall–Kier alpha value is -1.13. The molecule has 5 heteroatoms. The first-order chi connectivity index (χ1) is 8.66. The van der Waals surface area contributed by atoms with Crippen molar-refractivity contribution in [3.8, 4) is 0 Å². The van der Waals surface area contributed by atoms with Crippen molar-refractivity contribution >= 4 is 17.5 Å². The molecule has 98 valence electrons. The van der Waals surface area contributed by atoms with Gasteiger partial charge in [0.2, 0.25) is 0 Å². The molecule has 1 aromatic rings. The lowest BCUT2D eigenvalue weighted by atomic mass is 10.3. The SMILES string of the molecule is CN(CCOCC1CC1)C(=O)c1cc(Cl)ccn1. The van der Waals surface area contributed by atoms with E-state index in [0.29, 0.717) is 23.9 Å². The molecule has 0 aliphatic heterocycles. The van der Waals surface area contributed by atoms with Crippen molar-refractivity contribution in [3.05, 3.63) is 29.0 Å². The molecule has 0 bridgehead atoms. The van der Waals surface area contributed by atoms with Crippen molar-refractivity contribution in [1.29, 1.82) is 0 Å². The van der Waals surface area contributed by atoms with E-state index in [1.807, 2.05) is 0 Å². The zero-order valence-corrected chi connectivity index (χ0v) is 11.2. The fourth-order valence-corrected chi connectivity index (χ4v) is 1.71. The van der Waals surface area contributed by atoms with Crippen molar-refractivity contribution in [1.82, 2.24) is 9.88 Å². The molecule has 1 aliphatic carbocycles. The quantitative estimate of drug-likeness (QED) is 0.743. The highest BCUT2D eigenvalue weighted by Gasteiger charge is 2.21. The average Bonchev–Trinajstić information content (AvgIpc) is 3.17. The first kappa shape index (κ1) is 13.3. The van der Waals surface area contributed by atoms with Crippen LogP contribution in [0.25, 0.3) is 0 Å². The summed E-state index contributed by atoms with van der Waals surface area (Å²) in [7, 11) is 1.74. The lowest BCUT2D eigenvalue weighted by Crippen LogP contribution is -2.30. The van der Waals surface area contributed by atoms with Gasteiger partial charge in [0.05, 0.1) is 6.61 Å². The van der Waals surface area contributed by atoms with Crippen molar-refractivity contribution in [2.75, 3.05) is 26.8 Å². The molecular weight excluding hydrogens is 252 g/mol. The highest BCUT2D eigenvalue weighted by atomic mass is 35.5. The van der Waals surface area contributed by atoms with Crippen LogP contribution in [0.2, 0.25) is 5.02 Å². The molecule has 1 fully saturated rings. The smallest absolute Gasteiger partial charge is 0.272 e. The molecule has 0 N–H and O–H groups in total. The van der Waals surface area contributed by atoms with E-state index >= 15 is 0 Å². The standard InChI is InChI=1S/C13H17ClN2O2/c1-16(6-7-18-9-10-2-3-10)13(17)12-8-11(14)4-5-15-12/h4-5,8,10H,2-3,6-7,9H2,1H3. The van der Waals surface area contributed by atoms with Crippen LogP contribution < -0.4 is 0 Å². The van der Waals surface area contributed by atoms with Crippen molar-refractivity contribution < 1.29 is 9.53 Å². The maximum Gasteiger partial charge on any atom is 0.272 e. The first-order valence-electron chi connectivity index (χ1n) is 6.11. The average molecular weight is 269 g/mol. The normalized spacial score (nSPS) is 14.6. The summed E-state index contributed by atoms with van der Waals surface area (Å²) in [5.41, 5.74) is 0.368. The minimum absolute atomic E-state index is 0.132. The van der Waals surface area contributed by atoms with E-state index < -0.39 is 0 Å². The molecular formula is C13H17ClN2O2. The first-order valence-corrected chi connectivity index (χ1v) is 6.49. The number of aromatic nitrogens is 1. The van der Waals surface area contributed by atoms with Crippen LogP contribution in [0.3, 0.4) is 0 Å². The van der Waals surface area contributed by atoms with Crippen LogP contribution in [0.5, 0.6) is 0 Å². The van der Waals surface area contributed by atoms with Crippen LogP contribution in [0, 0.1) is 5.92 Å². The summed E-state index contributed by atoms with van der Waals surface area (Å²) in [6, 6.07) is 3.22. The number of hydrogen-bond donors (Lipinski definition) is 0. The number of halogens is 1. The van der Waals surface area contributed by atoms with Gasteiger partial charge in [-0.15, -0.1) is 0 Å². The van der Waals surface area contributed by atoms with Gasteiger partial charge in [0.1, 0.15) is 5.69 Å². The molecule has 0 unspecified atom stereocenters. The molecule has 1 saturated carbocycles. The third-order valence-electron chi connectivity index (χ3n) is 2.91. The number of hydrogen-bond acceptors (Lipinski definition) is 3. The van der Waals surface area contributed by atoms with Gasteiger partial charge in [-0.1, -0.05) is 11.6 Å². The monoisotopic (exact) mass is 268 g/mol. The number of ether oxygens (including phenoxy) is 1. The number of likely N-dealkylation sites (N-methyl/N-ethyl adjacent to an activating group) is 1. The Morgan fingerprint density at radius 3 is 3.06 bits per heavy atom. The Labute approximate surface area is 112 Å². The van der Waals surface area contributed by atoms with Gasteiger partial charge in [0.25, 0.3) is 5.91 Å². The molecule has 2 rings (SSSR count). The summed E-state index contributed by atoms with van der Waals surface area (Å²) >= 11 is 5.83. The Morgan fingerprint density at radius 1 is 1.61 bits per heavy atom. The predicted molar refractivity (Wildman–Crippen MR) is 69.8 cm³/mol. The van der Waals surface area contributed by atoms with Crippen LogP contribution >= 0.6 is 11.6 Å². The molecule has 0 spiro atoms. The van der Waals surface area contributed by atoms with Gasteiger partial charge in [-0.25, -0.2) is 0 Å². The molecule has 4 nitrogen and oxygen atoms in total. The number of nitrogens with zero attached hydrogens (tertiary/aromatic N) is 2. The lowest BCUT2D eigenvalue weighted by molar-refractivity contribution is 0.0676. The molecule has 0 radical (unpaired) electrons. The van der Waals surface area contributed by atoms with E-state index in [2.05, 4.69) is 4.98 Å². The molecule has 18 heavy (non-hydrogen) atoms. The highest BCUT2D eigenvalue weighted by Crippen LogP contribution is 2.28. The number of rotatable bonds is 6. The van der Waals surface area contributed by atoms with Crippen LogP contribution in [0.4, 0.5) is 0 Å². The Bertz CT molecular complexity index is 421. The van der Waals surface area contributed by atoms with E-state index in [0.717, 1.165) is 12.5 Å². The van der Waals surface area contributed by atoms with Gasteiger partial charge in [0, 0.05) is 31.4 Å². The molecule has 1 amide bonds. The predicted octanol–water partition coefficient (Wildman–Crippen LogP) is 2.23. The van der Waals surface area contributed by atoms with E-state index in [-0.39, 0.29) is 5.91 Å². The lowest BCUT2D eigenvalue weighted by Gasteiger charge is -2.16. The number of amides is 1. The van der Waals surface area contributed by atoms with Gasteiger partial charge in [-0.3, -0.25) is 9.78 Å². The summed E-state index contributed by atoms with van der Waals surface area (Å²) in [4.78, 5) is 17.6. The zero-order valence-electron chi connectivity index (χ0n) is 10.4. The van der Waals surface area contributed by atoms with E-state index in [4.69, 9.17) is 16.3 Å². The molecule has 1 heterocycles. The third kappa shape index (κ3) is 3.96. The summed E-state index contributed by atoms with van der Waals surface area (Å²) in [5, 5.41) is 0.520. The van der Waals surface area contributed by atoms with Gasteiger partial charge >= 0.3 is 0 Å². The number of carbonyl (C=O) groups excluding carboxylic acids is 1. The maximum absolute atomic E-state index is 12.0. The second kappa shape index (κ2) is 6.16. The van der Waals surface area contributed by atoms with Gasteiger partial charge in [0.15, 0.2) is 0 Å². The van der Waals surface area contributed by atoms with Crippen LogP contribution in [-0.4, -0.2) is 42.6 Å². The van der Waals surface area contributed by atoms with Crippen LogP contribution in [0.1, 0.15) is 23.3 Å². The van der Waals surface area contributed by atoms with Gasteiger partial charge < -0.3 is 9.64 Å². The number of carbonyl (C=O) groups is 1. The van der Waals surface area contributed by atoms with Crippen LogP contribution in [-0.2, 0) is 4.74 Å². The summed E-state index contributed by atoms with van der Waals surface area (Å²) in [6.45, 7) is 1.95. The summed E-state index contributed by atoms with van der Waals surface area (Å²) in [5.74, 6) is 0.619. The topological polar surface area (TPSA) is 42.4 Å². The van der Waals surface area contributed by atoms with Crippen molar-refractivity contribution in [2.45, 2.75) is 12.8 Å². The fourth-order valence-electron chi connectivity index (χ4n) is 1.55. The number of pyridine rings is 1. The van der Waals surface area contributed by atoms with Crippen molar-refractivity contribution in [3.63, 3.8) is 0 Å². The highest BCUT2D eigenvalue weighted by molar-refractivity contribution is 6.30. The maximum atomic E-state index is 12.0. The molecule has 1 aromatic heterocycles. The zero-order chi connectivity index (χ0) is 13.0. The molecule has 0 aromatic carbocycles. The summed E-state index contributed by atoms with van der Waals surface area (Å²) < 4.78 is 5.50. The molecule has 1 aliphatic rings. The van der Waals surface area contributed by atoms with E-state index in [1.54, 1.807) is 24.1 Å². The van der Waals surface area contributed by atoms with Crippen LogP contribution in [0.15, 0.2) is 18.3 Å².